The number of aliphatic imine (C=N–C) groups is 3. The van der Waals surface area contributed by atoms with Crippen molar-refractivity contribution in [3.05, 3.63) is 235 Å². The molecule has 0 unspecified atom stereocenters. The molecule has 300 valence electrons. The minimum Gasteiger partial charge on any atom is -0.456 e. The summed E-state index contributed by atoms with van der Waals surface area (Å²) in [7, 11) is 0. The molecule has 0 radical (unpaired) electrons. The standard InChI is InChI=1S/C58H42N4O/c1-4-48-50-36-44(30-32-53(50)62(52(48)5-2)47-26-13-8-14-27-47)45-31-33-54-51(37-45)56-49(28-17-29-55(56)63-54)58(60-38-39-18-15-23-42(34-39)40-19-9-6-10-20-40)61-57(59-3)46-25-16-24-43(35-46)41-21-11-7-12-22-41/h4-37H,1-3,38H2. The zero-order chi connectivity index (χ0) is 42.7. The number of fused-ring (bicyclic) bond motifs is 4. The molecule has 0 amide bonds. The minimum atomic E-state index is 0.395. The highest BCUT2D eigenvalue weighted by Crippen LogP contribution is 2.38. The van der Waals surface area contributed by atoms with Gasteiger partial charge in [-0.2, -0.15) is 0 Å². The number of rotatable bonds is 10. The Hall–Kier alpha value is -8.41. The molecule has 8 aromatic carbocycles. The van der Waals surface area contributed by atoms with E-state index in [1.54, 1.807) is 0 Å². The molecule has 0 N–H and O–H groups in total. The second-order valence-corrected chi connectivity index (χ2v) is 15.3. The Bertz CT molecular complexity index is 3410. The van der Waals surface area contributed by atoms with Crippen LogP contribution in [0.5, 0.6) is 0 Å². The van der Waals surface area contributed by atoms with Gasteiger partial charge in [0.2, 0.25) is 0 Å². The Morgan fingerprint density at radius 3 is 1.84 bits per heavy atom. The molecule has 0 spiro atoms. The second-order valence-electron chi connectivity index (χ2n) is 15.3. The predicted octanol–water partition coefficient (Wildman–Crippen LogP) is 14.9. The summed E-state index contributed by atoms with van der Waals surface area (Å²) >= 11 is 0. The number of furan rings is 1. The van der Waals surface area contributed by atoms with Gasteiger partial charge in [0.1, 0.15) is 11.2 Å². The molecule has 63 heavy (non-hydrogen) atoms. The van der Waals surface area contributed by atoms with E-state index in [0.717, 1.165) is 99.9 Å². The Kier molecular flexibility index (Phi) is 10.4. The molecule has 0 bridgehead atoms. The molecule has 0 atom stereocenters. The summed E-state index contributed by atoms with van der Waals surface area (Å²) in [5.74, 6) is 1.00. The van der Waals surface area contributed by atoms with Gasteiger partial charge in [0.05, 0.1) is 17.8 Å². The average molecular weight is 811 g/mol. The van der Waals surface area contributed by atoms with Crippen molar-refractivity contribution in [2.24, 2.45) is 15.0 Å². The van der Waals surface area contributed by atoms with Gasteiger partial charge in [0, 0.05) is 38.5 Å². The number of benzene rings is 8. The van der Waals surface area contributed by atoms with Crippen LogP contribution in [0, 0.1) is 0 Å². The van der Waals surface area contributed by atoms with Crippen LogP contribution in [0.25, 0.3) is 84.1 Å². The fourth-order valence-corrected chi connectivity index (χ4v) is 8.56. The molecule has 0 saturated carbocycles. The van der Waals surface area contributed by atoms with E-state index in [1.165, 1.54) is 0 Å². The van der Waals surface area contributed by atoms with E-state index in [9.17, 15) is 0 Å². The molecule has 0 aliphatic carbocycles. The Balaban J connectivity index is 1.12. The van der Waals surface area contributed by atoms with Crippen LogP contribution in [0.4, 0.5) is 0 Å². The maximum atomic E-state index is 6.56. The summed E-state index contributed by atoms with van der Waals surface area (Å²) in [5.41, 5.74) is 15.0. The highest BCUT2D eigenvalue weighted by atomic mass is 16.3. The van der Waals surface area contributed by atoms with Crippen molar-refractivity contribution in [2.45, 2.75) is 6.54 Å². The highest BCUT2D eigenvalue weighted by molar-refractivity contribution is 6.22. The SMILES string of the molecule is C=Cc1c(C=C)n(-c2ccccc2)c2ccc(-c3ccc4oc5cccc(C(N=C(N=C)c6cccc(-c7ccccc7)c6)=NCc6cccc(-c7ccccc7)c6)c5c4c3)cc12. The molecule has 0 saturated heterocycles. The van der Waals surface area contributed by atoms with Gasteiger partial charge in [-0.05, 0) is 106 Å². The van der Waals surface area contributed by atoms with Gasteiger partial charge >= 0.3 is 0 Å². The molecule has 10 rings (SSSR count). The third kappa shape index (κ3) is 7.43. The van der Waals surface area contributed by atoms with E-state index in [-0.39, 0.29) is 0 Å². The molecule has 10 aromatic rings. The fraction of sp³-hybridized carbons (Fsp3) is 0.0172. The molecule has 0 aliphatic heterocycles. The second kappa shape index (κ2) is 16.9. The van der Waals surface area contributed by atoms with Crippen molar-refractivity contribution in [2.75, 3.05) is 0 Å². The lowest BCUT2D eigenvalue weighted by Crippen LogP contribution is -2.06. The normalized spacial score (nSPS) is 11.9. The lowest BCUT2D eigenvalue weighted by atomic mass is 9.98. The molecule has 5 nitrogen and oxygen atoms in total. The van der Waals surface area contributed by atoms with Gasteiger partial charge in [-0.15, -0.1) is 0 Å². The van der Waals surface area contributed by atoms with Crippen LogP contribution in [-0.2, 0) is 6.54 Å². The molecule has 0 fully saturated rings. The zero-order valence-corrected chi connectivity index (χ0v) is 34.7. The summed E-state index contributed by atoms with van der Waals surface area (Å²) < 4.78 is 8.81. The van der Waals surface area contributed by atoms with E-state index in [4.69, 9.17) is 14.4 Å². The van der Waals surface area contributed by atoms with Crippen molar-refractivity contribution in [1.29, 1.82) is 0 Å². The smallest absolute Gasteiger partial charge is 0.161 e. The Labute approximate surface area is 366 Å². The fourth-order valence-electron chi connectivity index (χ4n) is 8.56. The van der Waals surface area contributed by atoms with Crippen molar-refractivity contribution in [3.63, 3.8) is 0 Å². The number of aromatic nitrogens is 1. The topological polar surface area (TPSA) is 55.1 Å². The Morgan fingerprint density at radius 2 is 1.14 bits per heavy atom. The lowest BCUT2D eigenvalue weighted by Gasteiger charge is -2.10. The summed E-state index contributed by atoms with van der Waals surface area (Å²) in [5, 5.41) is 2.98. The van der Waals surface area contributed by atoms with Crippen LogP contribution in [0.1, 0.15) is 27.9 Å². The number of amidine groups is 2. The first-order valence-electron chi connectivity index (χ1n) is 20.9. The molecule has 5 heteroatoms. The van der Waals surface area contributed by atoms with E-state index < -0.39 is 0 Å². The van der Waals surface area contributed by atoms with Crippen LogP contribution < -0.4 is 0 Å². The van der Waals surface area contributed by atoms with Gasteiger partial charge in [-0.1, -0.05) is 159 Å². The number of hydrogen-bond acceptors (Lipinski definition) is 2. The molecule has 2 aromatic heterocycles. The van der Waals surface area contributed by atoms with E-state index in [0.29, 0.717) is 18.2 Å². The van der Waals surface area contributed by atoms with Gasteiger partial charge < -0.3 is 8.98 Å². The molecular formula is C58H42N4O. The van der Waals surface area contributed by atoms with Gasteiger partial charge in [0.15, 0.2) is 11.7 Å². The summed E-state index contributed by atoms with van der Waals surface area (Å²) in [6, 6.07) is 66.9. The monoisotopic (exact) mass is 810 g/mol. The van der Waals surface area contributed by atoms with Gasteiger partial charge in [-0.25, -0.2) is 9.98 Å². The quantitative estimate of drug-likeness (QED) is 0.100. The van der Waals surface area contributed by atoms with Crippen molar-refractivity contribution in [3.8, 4) is 39.1 Å². The maximum Gasteiger partial charge on any atom is 0.161 e. The van der Waals surface area contributed by atoms with Crippen LogP contribution in [-0.4, -0.2) is 23.0 Å². The lowest BCUT2D eigenvalue weighted by molar-refractivity contribution is 0.669. The van der Waals surface area contributed by atoms with E-state index in [1.807, 2.05) is 66.7 Å². The highest BCUT2D eigenvalue weighted by Gasteiger charge is 2.19. The predicted molar refractivity (Wildman–Crippen MR) is 266 cm³/mol. The molecule has 0 aliphatic rings. The molecular weight excluding hydrogens is 769 g/mol. The van der Waals surface area contributed by atoms with Crippen LogP contribution in [0.3, 0.4) is 0 Å². The van der Waals surface area contributed by atoms with E-state index >= 15 is 0 Å². The van der Waals surface area contributed by atoms with Crippen molar-refractivity contribution < 1.29 is 4.42 Å². The third-order valence-corrected chi connectivity index (χ3v) is 11.6. The van der Waals surface area contributed by atoms with Crippen molar-refractivity contribution >= 4 is 63.4 Å². The number of hydrogen-bond donors (Lipinski definition) is 0. The maximum absolute atomic E-state index is 6.56. The first kappa shape index (κ1) is 38.8. The first-order valence-corrected chi connectivity index (χ1v) is 20.9. The average Bonchev–Trinajstić information content (AvgIpc) is 3.90. The number of nitrogens with zero attached hydrogens (tertiary/aromatic N) is 4. The largest absolute Gasteiger partial charge is 0.456 e. The van der Waals surface area contributed by atoms with E-state index in [2.05, 4.69) is 169 Å². The zero-order valence-electron chi connectivity index (χ0n) is 34.7. The first-order chi connectivity index (χ1) is 31.1. The number of para-hydroxylation sites is 1. The minimum absolute atomic E-state index is 0.395. The summed E-state index contributed by atoms with van der Waals surface area (Å²) in [6.07, 6.45) is 3.83. The summed E-state index contributed by atoms with van der Waals surface area (Å²) in [4.78, 5) is 15.0. The van der Waals surface area contributed by atoms with Crippen LogP contribution >= 0.6 is 0 Å². The van der Waals surface area contributed by atoms with Crippen molar-refractivity contribution in [1.82, 2.24) is 4.57 Å². The van der Waals surface area contributed by atoms with Gasteiger partial charge in [0.25, 0.3) is 0 Å². The third-order valence-electron chi connectivity index (χ3n) is 11.6. The van der Waals surface area contributed by atoms with Gasteiger partial charge in [-0.3, -0.25) is 4.99 Å². The van der Waals surface area contributed by atoms with Crippen LogP contribution in [0.15, 0.2) is 227 Å². The van der Waals surface area contributed by atoms with Crippen LogP contribution in [0.2, 0.25) is 0 Å². The summed E-state index contributed by atoms with van der Waals surface area (Å²) in [6.45, 7) is 12.8. The Morgan fingerprint density at radius 1 is 0.524 bits per heavy atom. The molecule has 2 heterocycles.